The van der Waals surface area contributed by atoms with Gasteiger partial charge >= 0.3 is 0 Å². The molecule has 0 saturated carbocycles. The molecule has 0 saturated heterocycles. The van der Waals surface area contributed by atoms with Gasteiger partial charge in [0, 0.05) is 6.42 Å². The van der Waals surface area contributed by atoms with Crippen LogP contribution in [-0.4, -0.2) is 20.2 Å². The van der Waals surface area contributed by atoms with Crippen molar-refractivity contribution in [2.75, 3.05) is 0 Å². The first-order chi connectivity index (χ1) is 5.60. The van der Waals surface area contributed by atoms with Gasteiger partial charge in [-0.15, -0.1) is 10.2 Å². The molecule has 0 N–H and O–H groups in total. The predicted octanol–water partition coefficient (Wildman–Crippen LogP) is 1.38. The Bertz CT molecular complexity index is 251. The maximum absolute atomic E-state index is 4.27. The molecular weight excluding hydrogens is 152 g/mol. The second-order valence-corrected chi connectivity index (χ2v) is 3.51. The molecule has 0 unspecified atom stereocenters. The Morgan fingerprint density at radius 3 is 2.42 bits per heavy atom. The van der Waals surface area contributed by atoms with Gasteiger partial charge in [-0.2, -0.15) is 4.80 Å². The normalized spacial score (nSPS) is 12.0. The molecule has 4 heteroatoms. The number of hydrogen-bond donors (Lipinski definition) is 0. The van der Waals surface area contributed by atoms with Crippen molar-refractivity contribution >= 4 is 0 Å². The summed E-state index contributed by atoms with van der Waals surface area (Å²) in [6.45, 7) is 8.36. The zero-order chi connectivity index (χ0) is 9.19. The monoisotopic (exact) mass is 168 g/mol. The summed E-state index contributed by atoms with van der Waals surface area (Å²) in [5.41, 5.74) is -0.0135. The third-order valence-corrected chi connectivity index (χ3v) is 2.18. The maximum atomic E-state index is 4.27. The fourth-order valence-corrected chi connectivity index (χ4v) is 0.783. The van der Waals surface area contributed by atoms with Crippen LogP contribution in [0.15, 0.2) is 0 Å². The van der Waals surface area contributed by atoms with Gasteiger partial charge in [-0.1, -0.05) is 13.8 Å². The molecule has 1 heterocycles. The molecule has 4 nitrogen and oxygen atoms in total. The molecular formula is C8H16N4. The van der Waals surface area contributed by atoms with Crippen LogP contribution in [0.1, 0.15) is 39.9 Å². The zero-order valence-corrected chi connectivity index (χ0v) is 8.20. The van der Waals surface area contributed by atoms with E-state index < -0.39 is 0 Å². The standard InChI is InChI=1S/C8H16N4/c1-5-7-9-11-12(10-7)8(3,4)6-2/h5-6H2,1-4H3. The fraction of sp³-hybridized carbons (Fsp3) is 0.875. The summed E-state index contributed by atoms with van der Waals surface area (Å²) >= 11 is 0. The van der Waals surface area contributed by atoms with Crippen LogP contribution in [0.5, 0.6) is 0 Å². The van der Waals surface area contributed by atoms with Gasteiger partial charge in [-0.05, 0) is 25.5 Å². The predicted molar refractivity (Wildman–Crippen MR) is 46.8 cm³/mol. The van der Waals surface area contributed by atoms with Crippen LogP contribution in [-0.2, 0) is 12.0 Å². The molecule has 0 fully saturated rings. The van der Waals surface area contributed by atoms with Crippen molar-refractivity contribution in [1.29, 1.82) is 0 Å². The lowest BCUT2D eigenvalue weighted by Gasteiger charge is -2.19. The lowest BCUT2D eigenvalue weighted by atomic mass is 10.0. The number of aryl methyl sites for hydroxylation is 1. The average molecular weight is 168 g/mol. The van der Waals surface area contributed by atoms with Crippen LogP contribution in [0.2, 0.25) is 0 Å². The third-order valence-electron chi connectivity index (χ3n) is 2.18. The van der Waals surface area contributed by atoms with E-state index in [0.717, 1.165) is 18.7 Å². The second-order valence-electron chi connectivity index (χ2n) is 3.51. The summed E-state index contributed by atoms with van der Waals surface area (Å²) in [6.07, 6.45) is 1.85. The first-order valence-electron chi connectivity index (χ1n) is 4.39. The van der Waals surface area contributed by atoms with Gasteiger partial charge < -0.3 is 0 Å². The molecule has 0 aliphatic rings. The van der Waals surface area contributed by atoms with Crippen LogP contribution < -0.4 is 0 Å². The Morgan fingerprint density at radius 2 is 2.00 bits per heavy atom. The van der Waals surface area contributed by atoms with Gasteiger partial charge in [0.05, 0.1) is 5.54 Å². The lowest BCUT2D eigenvalue weighted by molar-refractivity contribution is 0.265. The summed E-state index contributed by atoms with van der Waals surface area (Å²) in [5, 5.41) is 12.2. The summed E-state index contributed by atoms with van der Waals surface area (Å²) < 4.78 is 0. The highest BCUT2D eigenvalue weighted by Crippen LogP contribution is 2.15. The highest BCUT2D eigenvalue weighted by atomic mass is 15.6. The highest BCUT2D eigenvalue weighted by Gasteiger charge is 2.20. The van der Waals surface area contributed by atoms with Crippen molar-refractivity contribution in [3.05, 3.63) is 5.82 Å². The summed E-state index contributed by atoms with van der Waals surface area (Å²) in [5.74, 6) is 0.816. The maximum Gasteiger partial charge on any atom is 0.174 e. The fourth-order valence-electron chi connectivity index (χ4n) is 0.783. The van der Waals surface area contributed by atoms with Crippen molar-refractivity contribution < 1.29 is 0 Å². The summed E-state index contributed by atoms with van der Waals surface area (Å²) in [7, 11) is 0. The van der Waals surface area contributed by atoms with Crippen LogP contribution in [0.4, 0.5) is 0 Å². The Morgan fingerprint density at radius 1 is 1.33 bits per heavy atom. The molecule has 0 amide bonds. The molecule has 0 radical (unpaired) electrons. The van der Waals surface area contributed by atoms with Crippen molar-refractivity contribution in [1.82, 2.24) is 20.2 Å². The van der Waals surface area contributed by atoms with Crippen molar-refractivity contribution in [2.45, 2.75) is 46.1 Å². The van der Waals surface area contributed by atoms with Gasteiger partial charge in [-0.25, -0.2) is 0 Å². The van der Waals surface area contributed by atoms with E-state index in [1.807, 2.05) is 6.92 Å². The van der Waals surface area contributed by atoms with E-state index in [9.17, 15) is 0 Å². The molecule has 0 bridgehead atoms. The number of hydrogen-bond acceptors (Lipinski definition) is 3. The Labute approximate surface area is 73.0 Å². The van der Waals surface area contributed by atoms with E-state index in [4.69, 9.17) is 0 Å². The Kier molecular flexibility index (Phi) is 2.45. The molecule has 68 valence electrons. The minimum absolute atomic E-state index is 0.0135. The third kappa shape index (κ3) is 1.62. The van der Waals surface area contributed by atoms with Crippen LogP contribution >= 0.6 is 0 Å². The molecule has 1 aromatic rings. The molecule has 0 aliphatic carbocycles. The SMILES string of the molecule is CCc1nnn(C(C)(C)CC)n1. The number of nitrogens with zero attached hydrogens (tertiary/aromatic N) is 4. The molecule has 0 aromatic carbocycles. The first kappa shape index (κ1) is 9.16. The topological polar surface area (TPSA) is 43.6 Å². The second kappa shape index (κ2) is 3.21. The van der Waals surface area contributed by atoms with Gasteiger partial charge in [0.1, 0.15) is 0 Å². The van der Waals surface area contributed by atoms with E-state index in [0.29, 0.717) is 0 Å². The van der Waals surface area contributed by atoms with Gasteiger partial charge in [0.25, 0.3) is 0 Å². The Hall–Kier alpha value is -0.930. The number of aromatic nitrogens is 4. The van der Waals surface area contributed by atoms with Gasteiger partial charge in [0.2, 0.25) is 0 Å². The molecule has 0 atom stereocenters. The van der Waals surface area contributed by atoms with E-state index in [-0.39, 0.29) is 5.54 Å². The van der Waals surface area contributed by atoms with Gasteiger partial charge in [-0.3, -0.25) is 0 Å². The minimum Gasteiger partial charge on any atom is -0.159 e. The van der Waals surface area contributed by atoms with Crippen molar-refractivity contribution in [3.8, 4) is 0 Å². The smallest absolute Gasteiger partial charge is 0.159 e. The quantitative estimate of drug-likeness (QED) is 0.684. The van der Waals surface area contributed by atoms with E-state index in [1.54, 1.807) is 4.80 Å². The molecule has 0 spiro atoms. The van der Waals surface area contributed by atoms with Crippen LogP contribution in [0.3, 0.4) is 0 Å². The van der Waals surface area contributed by atoms with E-state index >= 15 is 0 Å². The van der Waals surface area contributed by atoms with E-state index in [1.165, 1.54) is 0 Å². The summed E-state index contributed by atoms with van der Waals surface area (Å²) in [4.78, 5) is 1.70. The minimum atomic E-state index is -0.0135. The highest BCUT2D eigenvalue weighted by molar-refractivity contribution is 4.78. The average Bonchev–Trinajstić information content (AvgIpc) is 2.52. The Balaban J connectivity index is 2.88. The van der Waals surface area contributed by atoms with E-state index in [2.05, 4.69) is 36.2 Å². The lowest BCUT2D eigenvalue weighted by Crippen LogP contribution is -2.27. The van der Waals surface area contributed by atoms with Crippen LogP contribution in [0, 0.1) is 0 Å². The molecule has 0 aliphatic heterocycles. The molecule has 1 aromatic heterocycles. The number of rotatable bonds is 3. The summed E-state index contributed by atoms with van der Waals surface area (Å²) in [6, 6.07) is 0. The van der Waals surface area contributed by atoms with Crippen molar-refractivity contribution in [2.24, 2.45) is 0 Å². The van der Waals surface area contributed by atoms with Gasteiger partial charge in [0.15, 0.2) is 5.82 Å². The van der Waals surface area contributed by atoms with Crippen LogP contribution in [0.25, 0.3) is 0 Å². The molecule has 12 heavy (non-hydrogen) atoms. The van der Waals surface area contributed by atoms with Crippen molar-refractivity contribution in [3.63, 3.8) is 0 Å². The zero-order valence-electron chi connectivity index (χ0n) is 8.20. The largest absolute Gasteiger partial charge is 0.174 e. The first-order valence-corrected chi connectivity index (χ1v) is 4.39. The molecule has 1 rings (SSSR count). The number of tetrazole rings is 1.